The molecule has 8 heteroatoms. The first-order chi connectivity index (χ1) is 8.10. The zero-order chi connectivity index (χ0) is 12.8. The van der Waals surface area contributed by atoms with Crippen molar-refractivity contribution in [3.8, 4) is 0 Å². The number of alkyl halides is 1. The van der Waals surface area contributed by atoms with Gasteiger partial charge in [-0.15, -0.1) is 16.7 Å². The number of esters is 1. The van der Waals surface area contributed by atoms with E-state index in [0.717, 1.165) is 11.5 Å². The maximum Gasteiger partial charge on any atom is 0.325 e. The summed E-state index contributed by atoms with van der Waals surface area (Å²) in [5.74, 6) is -0.906. The van der Waals surface area contributed by atoms with Crippen LogP contribution >= 0.6 is 23.1 Å². The fourth-order valence-corrected chi connectivity index (χ4v) is 1.92. The van der Waals surface area contributed by atoms with Crippen LogP contribution in [-0.2, 0) is 16.0 Å². The van der Waals surface area contributed by atoms with E-state index in [1.54, 1.807) is 0 Å². The van der Waals surface area contributed by atoms with Crippen molar-refractivity contribution >= 4 is 35.0 Å². The van der Waals surface area contributed by atoms with Crippen LogP contribution in [0.15, 0.2) is 0 Å². The molecule has 1 heterocycles. The Balaban J connectivity index is 2.53. The average Bonchev–Trinajstić information content (AvgIpc) is 2.82. The van der Waals surface area contributed by atoms with E-state index < -0.39 is 11.3 Å². The molecule has 0 aliphatic rings. The van der Waals surface area contributed by atoms with Gasteiger partial charge in [0.15, 0.2) is 0 Å². The van der Waals surface area contributed by atoms with Crippen LogP contribution in [0, 0.1) is 0 Å². The average molecular weight is 278 g/mol. The van der Waals surface area contributed by atoms with E-state index in [1.165, 1.54) is 7.11 Å². The molecule has 0 saturated carbocycles. The number of methoxy groups -OCH3 is 1. The summed E-state index contributed by atoms with van der Waals surface area (Å²) in [5.41, 5.74) is 0.636. The molecule has 0 radical (unpaired) electrons. The summed E-state index contributed by atoms with van der Waals surface area (Å²) in [6.45, 7) is 1.89. The highest BCUT2D eigenvalue weighted by molar-refractivity contribution is 7.08. The molecule has 0 aliphatic heterocycles. The number of nitrogens with zero attached hydrogens (tertiary/aromatic N) is 2. The third kappa shape index (κ3) is 3.64. The first kappa shape index (κ1) is 13.9. The molecule has 0 aliphatic carbocycles. The third-order valence-corrected chi connectivity index (χ3v) is 3.10. The highest BCUT2D eigenvalue weighted by Gasteiger charge is 2.19. The molecule has 0 aromatic carbocycles. The number of rotatable bonds is 5. The molecule has 1 N–H and O–H groups in total. The van der Waals surface area contributed by atoms with E-state index in [2.05, 4.69) is 19.6 Å². The molecule has 1 amide bonds. The molecular weight excluding hydrogens is 266 g/mol. The van der Waals surface area contributed by atoms with E-state index in [-0.39, 0.29) is 12.5 Å². The number of nitrogens with one attached hydrogen (secondary N) is 1. The van der Waals surface area contributed by atoms with Gasteiger partial charge in [0.25, 0.3) is 5.91 Å². The van der Waals surface area contributed by atoms with Gasteiger partial charge in [0.05, 0.1) is 12.8 Å². The number of hydrogen-bond acceptors (Lipinski definition) is 6. The van der Waals surface area contributed by atoms with Crippen LogP contribution < -0.4 is 5.32 Å². The second-order valence-corrected chi connectivity index (χ2v) is 4.38. The molecule has 0 fully saturated rings. The van der Waals surface area contributed by atoms with Crippen molar-refractivity contribution in [3.63, 3.8) is 0 Å². The molecule has 0 bridgehead atoms. The van der Waals surface area contributed by atoms with E-state index in [4.69, 9.17) is 11.6 Å². The minimum atomic E-state index is -0.894. The second-order valence-electron chi connectivity index (χ2n) is 3.10. The maximum atomic E-state index is 11.7. The monoisotopic (exact) mass is 277 g/mol. The molecular formula is C9H12ClN3O3S. The summed E-state index contributed by atoms with van der Waals surface area (Å²) in [4.78, 5) is 23.2. The van der Waals surface area contributed by atoms with Gasteiger partial charge >= 0.3 is 5.97 Å². The Kier molecular flexibility index (Phi) is 5.30. The maximum absolute atomic E-state index is 11.7. The zero-order valence-electron chi connectivity index (χ0n) is 9.40. The summed E-state index contributed by atoms with van der Waals surface area (Å²) in [7, 11) is 1.24. The van der Waals surface area contributed by atoms with E-state index in [9.17, 15) is 9.59 Å². The van der Waals surface area contributed by atoms with E-state index in [0.29, 0.717) is 17.0 Å². The number of hydrogen-bond donors (Lipinski definition) is 1. The highest BCUT2D eigenvalue weighted by atomic mass is 35.5. The standard InChI is InChI=1S/C9H12ClN3O3S/c1-3-6-7(17-13-12-6)8(14)11-4-5(10)9(15)16-2/h5H,3-4H2,1-2H3,(H,11,14). The van der Waals surface area contributed by atoms with Gasteiger partial charge in [-0.1, -0.05) is 11.4 Å². The number of halogens is 1. The topological polar surface area (TPSA) is 81.2 Å². The van der Waals surface area contributed by atoms with Crippen molar-refractivity contribution in [3.05, 3.63) is 10.6 Å². The molecule has 17 heavy (non-hydrogen) atoms. The SMILES string of the molecule is CCc1nnsc1C(=O)NCC(Cl)C(=O)OC. The van der Waals surface area contributed by atoms with Crippen LogP contribution in [0.5, 0.6) is 0 Å². The van der Waals surface area contributed by atoms with Gasteiger partial charge in [-0.25, -0.2) is 0 Å². The number of carbonyl (C=O) groups is 2. The molecule has 94 valence electrons. The van der Waals surface area contributed by atoms with Crippen LogP contribution in [0.3, 0.4) is 0 Å². The Labute approximate surface area is 107 Å². The van der Waals surface area contributed by atoms with Crippen LogP contribution in [-0.4, -0.2) is 40.5 Å². The van der Waals surface area contributed by atoms with Gasteiger partial charge in [0, 0.05) is 6.54 Å². The van der Waals surface area contributed by atoms with Crippen molar-refractivity contribution in [2.75, 3.05) is 13.7 Å². The number of aromatic nitrogens is 2. The normalized spacial score (nSPS) is 11.9. The fraction of sp³-hybridized carbons (Fsp3) is 0.556. The second kappa shape index (κ2) is 6.51. The molecule has 6 nitrogen and oxygen atoms in total. The summed E-state index contributed by atoms with van der Waals surface area (Å²) < 4.78 is 8.13. The first-order valence-electron chi connectivity index (χ1n) is 4.91. The van der Waals surface area contributed by atoms with Crippen molar-refractivity contribution in [1.82, 2.24) is 14.9 Å². The minimum Gasteiger partial charge on any atom is -0.468 e. The molecule has 1 unspecified atom stereocenters. The van der Waals surface area contributed by atoms with Crippen molar-refractivity contribution in [2.24, 2.45) is 0 Å². The predicted octanol–water partition coefficient (Wildman–Crippen LogP) is 0.611. The van der Waals surface area contributed by atoms with Gasteiger partial charge in [-0.05, 0) is 18.0 Å². The Morgan fingerprint density at radius 2 is 2.29 bits per heavy atom. The van der Waals surface area contributed by atoms with E-state index in [1.807, 2.05) is 6.92 Å². The lowest BCUT2D eigenvalue weighted by atomic mass is 10.3. The first-order valence-corrected chi connectivity index (χ1v) is 6.12. The lowest BCUT2D eigenvalue weighted by molar-refractivity contribution is -0.140. The number of carbonyl (C=O) groups excluding carboxylic acids is 2. The quantitative estimate of drug-likeness (QED) is 0.630. The zero-order valence-corrected chi connectivity index (χ0v) is 11.0. The number of ether oxygens (including phenoxy) is 1. The van der Waals surface area contributed by atoms with E-state index >= 15 is 0 Å². The lowest BCUT2D eigenvalue weighted by Crippen LogP contribution is -2.34. The number of aryl methyl sites for hydroxylation is 1. The van der Waals surface area contributed by atoms with Gasteiger partial charge in [-0.2, -0.15) is 0 Å². The Bertz CT molecular complexity index is 410. The summed E-state index contributed by atoms with van der Waals surface area (Å²) in [6, 6.07) is 0. The van der Waals surface area contributed by atoms with Crippen molar-refractivity contribution in [1.29, 1.82) is 0 Å². The van der Waals surface area contributed by atoms with Crippen LogP contribution in [0.25, 0.3) is 0 Å². The predicted molar refractivity (Wildman–Crippen MR) is 63.3 cm³/mol. The van der Waals surface area contributed by atoms with Crippen molar-refractivity contribution < 1.29 is 14.3 Å². The Hall–Kier alpha value is -1.21. The highest BCUT2D eigenvalue weighted by Crippen LogP contribution is 2.10. The summed E-state index contributed by atoms with van der Waals surface area (Å²) >= 11 is 6.71. The smallest absolute Gasteiger partial charge is 0.325 e. The van der Waals surface area contributed by atoms with Gasteiger partial charge in [0.2, 0.25) is 0 Å². The summed E-state index contributed by atoms with van der Waals surface area (Å²) in [6.07, 6.45) is 0.626. The molecule has 1 rings (SSSR count). The molecule has 0 saturated heterocycles. The van der Waals surface area contributed by atoms with Gasteiger partial charge < -0.3 is 10.1 Å². The van der Waals surface area contributed by atoms with Crippen molar-refractivity contribution in [2.45, 2.75) is 18.7 Å². The Morgan fingerprint density at radius 1 is 1.59 bits per heavy atom. The third-order valence-electron chi connectivity index (χ3n) is 2.00. The van der Waals surface area contributed by atoms with Crippen LogP contribution in [0.4, 0.5) is 0 Å². The van der Waals surface area contributed by atoms with Crippen LogP contribution in [0.2, 0.25) is 0 Å². The number of amides is 1. The van der Waals surface area contributed by atoms with Gasteiger partial charge in [0.1, 0.15) is 10.3 Å². The molecule has 1 atom stereocenters. The fourth-order valence-electron chi connectivity index (χ4n) is 1.09. The molecule has 1 aromatic rings. The Morgan fingerprint density at radius 3 is 2.88 bits per heavy atom. The summed E-state index contributed by atoms with van der Waals surface area (Å²) in [5, 5.41) is 5.46. The lowest BCUT2D eigenvalue weighted by Gasteiger charge is -2.08. The van der Waals surface area contributed by atoms with Gasteiger partial charge in [-0.3, -0.25) is 9.59 Å². The van der Waals surface area contributed by atoms with Crippen LogP contribution in [0.1, 0.15) is 22.3 Å². The minimum absolute atomic E-state index is 0.00805. The molecule has 0 spiro atoms. The largest absolute Gasteiger partial charge is 0.468 e. The molecule has 1 aromatic heterocycles.